The molecule has 0 fully saturated rings. The zero-order valence-corrected chi connectivity index (χ0v) is 20.3. The smallest absolute Gasteiger partial charge is 0.240 e. The second-order valence-electron chi connectivity index (χ2n) is 8.75. The third-order valence-electron chi connectivity index (χ3n) is 6.44. The van der Waals surface area contributed by atoms with E-state index >= 15 is 4.39 Å². The monoisotopic (exact) mass is 489 g/mol. The SMILES string of the molecule is C=C(C)C(/C=C/C)(CCOc1cccc(-c2ccn3nc(N)nc3c2)c1F)C(N)c1ccc(F)cc1. The van der Waals surface area contributed by atoms with Crippen LogP contribution in [0.4, 0.5) is 14.7 Å². The number of aromatic nitrogens is 3. The highest BCUT2D eigenvalue weighted by Gasteiger charge is 2.36. The molecule has 0 spiro atoms. The van der Waals surface area contributed by atoms with Crippen molar-refractivity contribution in [2.75, 3.05) is 12.3 Å². The highest BCUT2D eigenvalue weighted by Crippen LogP contribution is 2.43. The van der Waals surface area contributed by atoms with Gasteiger partial charge in [0.05, 0.1) is 6.61 Å². The van der Waals surface area contributed by atoms with E-state index in [1.807, 2.05) is 26.0 Å². The molecule has 2 aromatic carbocycles. The number of allylic oxidation sites excluding steroid dienone is 1. The van der Waals surface area contributed by atoms with Crippen molar-refractivity contribution >= 4 is 11.6 Å². The van der Waals surface area contributed by atoms with E-state index in [2.05, 4.69) is 16.7 Å². The van der Waals surface area contributed by atoms with Crippen LogP contribution in [0, 0.1) is 17.0 Å². The number of hydrogen-bond acceptors (Lipinski definition) is 5. The number of nitrogens with two attached hydrogens (primary N) is 2. The van der Waals surface area contributed by atoms with Gasteiger partial charge in [-0.15, -0.1) is 5.10 Å². The molecule has 4 aromatic rings. The lowest BCUT2D eigenvalue weighted by molar-refractivity contribution is 0.229. The zero-order chi connectivity index (χ0) is 25.9. The topological polar surface area (TPSA) is 91.5 Å². The van der Waals surface area contributed by atoms with E-state index in [9.17, 15) is 4.39 Å². The van der Waals surface area contributed by atoms with Crippen molar-refractivity contribution in [3.8, 4) is 16.9 Å². The first-order valence-electron chi connectivity index (χ1n) is 11.6. The molecule has 8 heteroatoms. The molecule has 4 N–H and O–H groups in total. The quantitative estimate of drug-likeness (QED) is 0.287. The summed E-state index contributed by atoms with van der Waals surface area (Å²) >= 11 is 0. The van der Waals surface area contributed by atoms with Gasteiger partial charge in [-0.05, 0) is 61.7 Å². The Morgan fingerprint density at radius 2 is 1.94 bits per heavy atom. The predicted molar refractivity (Wildman–Crippen MR) is 138 cm³/mol. The molecule has 0 saturated carbocycles. The van der Waals surface area contributed by atoms with Crippen LogP contribution in [-0.2, 0) is 0 Å². The van der Waals surface area contributed by atoms with E-state index in [0.29, 0.717) is 23.2 Å². The number of benzene rings is 2. The van der Waals surface area contributed by atoms with Gasteiger partial charge in [0, 0.05) is 23.2 Å². The van der Waals surface area contributed by atoms with Gasteiger partial charge in [-0.25, -0.2) is 13.3 Å². The summed E-state index contributed by atoms with van der Waals surface area (Å²) in [5.74, 6) is -0.544. The molecule has 0 aliphatic carbocycles. The van der Waals surface area contributed by atoms with Crippen LogP contribution >= 0.6 is 0 Å². The van der Waals surface area contributed by atoms with Crippen LogP contribution in [0.1, 0.15) is 31.9 Å². The number of halogens is 2. The average Bonchev–Trinajstić information content (AvgIpc) is 3.23. The van der Waals surface area contributed by atoms with Gasteiger partial charge in [0.15, 0.2) is 17.2 Å². The Balaban J connectivity index is 1.57. The minimum Gasteiger partial charge on any atom is -0.490 e. The summed E-state index contributed by atoms with van der Waals surface area (Å²) in [6.07, 6.45) is 6.02. The second-order valence-corrected chi connectivity index (χ2v) is 8.75. The standard InChI is InChI=1S/C28H29F2N5O/c1-4-13-28(18(2)3,26(31)19-8-10-21(29)11-9-19)14-16-36-23-7-5-6-22(25(23)30)20-12-15-35-24(17-20)33-27(32)34-35/h4-13,15,17,26H,2,14,16,31H2,1,3H3,(H2,32,34)/b13-4+. The molecule has 2 unspecified atom stereocenters. The molecule has 0 saturated heterocycles. The fraction of sp³-hybridized carbons (Fsp3) is 0.214. The lowest BCUT2D eigenvalue weighted by Gasteiger charge is -2.38. The molecule has 0 bridgehead atoms. The number of rotatable bonds is 9. The summed E-state index contributed by atoms with van der Waals surface area (Å²) in [7, 11) is 0. The van der Waals surface area contributed by atoms with Gasteiger partial charge in [-0.1, -0.05) is 48.6 Å². The number of fused-ring (bicyclic) bond motifs is 1. The van der Waals surface area contributed by atoms with Crippen molar-refractivity contribution in [3.63, 3.8) is 0 Å². The Labute approximate surface area is 208 Å². The Morgan fingerprint density at radius 1 is 1.19 bits per heavy atom. The molecule has 2 heterocycles. The number of anilines is 1. The van der Waals surface area contributed by atoms with Crippen molar-refractivity contribution in [2.45, 2.75) is 26.3 Å². The molecule has 0 aliphatic rings. The van der Waals surface area contributed by atoms with E-state index < -0.39 is 17.3 Å². The van der Waals surface area contributed by atoms with Crippen molar-refractivity contribution in [2.24, 2.45) is 11.1 Å². The number of hydrogen-bond donors (Lipinski definition) is 2. The minimum atomic E-state index is -0.667. The minimum absolute atomic E-state index is 0.125. The first-order chi connectivity index (χ1) is 17.2. The normalized spacial score (nSPS) is 14.1. The molecule has 6 nitrogen and oxygen atoms in total. The summed E-state index contributed by atoms with van der Waals surface area (Å²) in [6, 6.07) is 14.1. The molecule has 36 heavy (non-hydrogen) atoms. The maximum absolute atomic E-state index is 15.5. The van der Waals surface area contributed by atoms with Crippen LogP contribution in [-0.4, -0.2) is 21.2 Å². The van der Waals surface area contributed by atoms with Gasteiger partial charge in [0.1, 0.15) is 5.82 Å². The van der Waals surface area contributed by atoms with Crippen LogP contribution in [0.2, 0.25) is 0 Å². The van der Waals surface area contributed by atoms with Crippen LogP contribution < -0.4 is 16.2 Å². The molecular weight excluding hydrogens is 460 g/mol. The maximum Gasteiger partial charge on any atom is 0.240 e. The van der Waals surface area contributed by atoms with Gasteiger partial charge in [-0.3, -0.25) is 0 Å². The van der Waals surface area contributed by atoms with Crippen LogP contribution in [0.3, 0.4) is 0 Å². The molecule has 2 aromatic heterocycles. The summed E-state index contributed by atoms with van der Waals surface area (Å²) in [6.45, 7) is 8.17. The predicted octanol–water partition coefficient (Wildman–Crippen LogP) is 5.86. The molecule has 0 radical (unpaired) electrons. The van der Waals surface area contributed by atoms with Crippen molar-refractivity contribution in [1.29, 1.82) is 0 Å². The van der Waals surface area contributed by atoms with Crippen LogP contribution in [0.15, 0.2) is 85.1 Å². The van der Waals surface area contributed by atoms with Crippen molar-refractivity contribution in [3.05, 3.63) is 102 Å². The highest BCUT2D eigenvalue weighted by molar-refractivity contribution is 5.69. The molecular formula is C28H29F2N5O. The van der Waals surface area contributed by atoms with Gasteiger partial charge in [0.25, 0.3) is 0 Å². The van der Waals surface area contributed by atoms with Crippen molar-refractivity contribution in [1.82, 2.24) is 14.6 Å². The average molecular weight is 490 g/mol. The van der Waals surface area contributed by atoms with Gasteiger partial charge in [-0.2, -0.15) is 4.98 Å². The van der Waals surface area contributed by atoms with Gasteiger partial charge < -0.3 is 16.2 Å². The lowest BCUT2D eigenvalue weighted by atomic mass is 9.70. The molecule has 0 amide bonds. The molecule has 0 aliphatic heterocycles. The Morgan fingerprint density at radius 3 is 2.64 bits per heavy atom. The number of nitrogens with zero attached hydrogens (tertiary/aromatic N) is 3. The van der Waals surface area contributed by atoms with Crippen molar-refractivity contribution < 1.29 is 13.5 Å². The zero-order valence-electron chi connectivity index (χ0n) is 20.3. The maximum atomic E-state index is 15.5. The van der Waals surface area contributed by atoms with Crippen LogP contribution in [0.25, 0.3) is 16.8 Å². The largest absolute Gasteiger partial charge is 0.490 e. The van der Waals surface area contributed by atoms with E-state index in [1.165, 1.54) is 16.6 Å². The highest BCUT2D eigenvalue weighted by atomic mass is 19.1. The van der Waals surface area contributed by atoms with E-state index in [1.54, 1.807) is 48.7 Å². The number of pyridine rings is 1. The Kier molecular flexibility index (Phi) is 7.17. The summed E-state index contributed by atoms with van der Waals surface area (Å²) < 4.78 is 36.4. The third kappa shape index (κ3) is 4.85. The van der Waals surface area contributed by atoms with Crippen LogP contribution in [0.5, 0.6) is 5.75 Å². The third-order valence-corrected chi connectivity index (χ3v) is 6.44. The summed E-state index contributed by atoms with van der Waals surface area (Å²) in [5, 5.41) is 4.04. The number of nitrogen functional groups attached to an aromatic ring is 1. The van der Waals surface area contributed by atoms with E-state index in [0.717, 1.165) is 11.1 Å². The fourth-order valence-electron chi connectivity index (χ4n) is 4.47. The first kappa shape index (κ1) is 25.1. The first-order valence-corrected chi connectivity index (χ1v) is 11.6. The van der Waals surface area contributed by atoms with E-state index in [-0.39, 0.29) is 24.1 Å². The summed E-state index contributed by atoms with van der Waals surface area (Å²) in [4.78, 5) is 4.14. The lowest BCUT2D eigenvalue weighted by Crippen LogP contribution is -2.35. The summed E-state index contributed by atoms with van der Waals surface area (Å²) in [5.41, 5.74) is 14.8. The number of ether oxygens (including phenoxy) is 1. The van der Waals surface area contributed by atoms with Gasteiger partial charge in [0.2, 0.25) is 5.95 Å². The fourth-order valence-corrected chi connectivity index (χ4v) is 4.47. The van der Waals surface area contributed by atoms with E-state index in [4.69, 9.17) is 16.2 Å². The molecule has 2 atom stereocenters. The van der Waals surface area contributed by atoms with Gasteiger partial charge >= 0.3 is 0 Å². The Bertz CT molecular complexity index is 1410. The molecule has 4 rings (SSSR count). The second kappa shape index (κ2) is 10.3. The Hall–Kier alpha value is -4.04. The molecule has 186 valence electrons.